The number of rotatable bonds is 14. The van der Waals surface area contributed by atoms with Gasteiger partial charge in [0.15, 0.2) is 0 Å². The fourth-order valence-corrected chi connectivity index (χ4v) is 8.46. The number of benzene rings is 2. The molecule has 1 aromatic heterocycles. The van der Waals surface area contributed by atoms with Crippen molar-refractivity contribution in [3.8, 4) is 11.5 Å². The molecule has 3 amide bonds. The van der Waals surface area contributed by atoms with Crippen molar-refractivity contribution in [2.75, 3.05) is 58.8 Å². The van der Waals surface area contributed by atoms with Crippen LogP contribution in [0.15, 0.2) is 54.8 Å². The lowest BCUT2D eigenvalue weighted by atomic mass is 9.65. The lowest BCUT2D eigenvalue weighted by Crippen LogP contribution is -2.45. The highest BCUT2D eigenvalue weighted by molar-refractivity contribution is 5.99. The van der Waals surface area contributed by atoms with Crippen LogP contribution in [-0.2, 0) is 9.59 Å². The van der Waals surface area contributed by atoms with Crippen LogP contribution in [0.1, 0.15) is 79.8 Å². The fourth-order valence-electron chi connectivity index (χ4n) is 8.46. The maximum atomic E-state index is 13.5. The summed E-state index contributed by atoms with van der Waals surface area (Å²) in [5, 5.41) is 18.1. The molecule has 2 saturated heterocycles. The van der Waals surface area contributed by atoms with Gasteiger partial charge in [0.25, 0.3) is 5.91 Å². The standard InChI is InChI=1S/C42H52F3N7O5/c1-56-36-8-7-31(24-35(36)48-39(54)11-18-47-28-53)40(55)51-21-16-41(17-22-51)14-9-29(10-15-41)26-50-19-12-33(13-20-50)52-27-32-23-30(37(57-2)25-34(32)49-52)5-3-4-6-38(46)42(43,44)45/h3-8,23-25,27-29,33,46H,9-22,26H2,1-2H3,(H,47,53)(H,48,54)/b5-3+,6-4-,46-38?. The van der Waals surface area contributed by atoms with Crippen LogP contribution < -0.4 is 20.1 Å². The van der Waals surface area contributed by atoms with Crippen LogP contribution in [0.25, 0.3) is 17.0 Å². The minimum Gasteiger partial charge on any atom is -0.496 e. The van der Waals surface area contributed by atoms with Gasteiger partial charge in [-0.05, 0) is 93.0 Å². The van der Waals surface area contributed by atoms with Crippen molar-refractivity contribution in [3.63, 3.8) is 0 Å². The Kier molecular flexibility index (Phi) is 13.4. The van der Waals surface area contributed by atoms with E-state index >= 15 is 0 Å². The summed E-state index contributed by atoms with van der Waals surface area (Å²) < 4.78 is 50.8. The van der Waals surface area contributed by atoms with Gasteiger partial charge in [0.2, 0.25) is 12.3 Å². The Balaban J connectivity index is 0.953. The van der Waals surface area contributed by atoms with E-state index in [-0.39, 0.29) is 36.2 Å². The monoisotopic (exact) mass is 791 g/mol. The van der Waals surface area contributed by atoms with Gasteiger partial charge >= 0.3 is 6.18 Å². The number of nitrogens with one attached hydrogen (secondary N) is 3. The second-order valence-electron chi connectivity index (χ2n) is 15.4. The molecule has 0 atom stereocenters. The highest BCUT2D eigenvalue weighted by atomic mass is 19.4. The number of nitrogens with zero attached hydrogens (tertiary/aromatic N) is 4. The van der Waals surface area contributed by atoms with Crippen molar-refractivity contribution in [2.24, 2.45) is 11.3 Å². The summed E-state index contributed by atoms with van der Waals surface area (Å²) in [5.41, 5.74) is 1.31. The van der Waals surface area contributed by atoms with Gasteiger partial charge in [0.05, 0.1) is 31.5 Å². The summed E-state index contributed by atoms with van der Waals surface area (Å²) in [4.78, 5) is 40.9. The van der Waals surface area contributed by atoms with Crippen molar-refractivity contribution < 1.29 is 37.0 Å². The molecule has 3 heterocycles. The predicted octanol–water partition coefficient (Wildman–Crippen LogP) is 7.03. The summed E-state index contributed by atoms with van der Waals surface area (Å²) in [6.45, 7) is 4.75. The van der Waals surface area contributed by atoms with Gasteiger partial charge in [0, 0.05) is 74.5 Å². The van der Waals surface area contributed by atoms with Crippen LogP contribution in [0.3, 0.4) is 0 Å². The number of amides is 3. The first kappa shape index (κ1) is 41.5. The zero-order chi connectivity index (χ0) is 40.6. The number of carbonyl (C=O) groups is 3. The molecule has 3 aliphatic rings. The van der Waals surface area contributed by atoms with Crippen LogP contribution in [0.4, 0.5) is 18.9 Å². The van der Waals surface area contributed by atoms with Crippen molar-refractivity contribution in [1.29, 1.82) is 5.41 Å². The molecule has 3 N–H and O–H groups in total. The molecule has 3 aromatic rings. The van der Waals surface area contributed by atoms with E-state index in [2.05, 4.69) is 15.5 Å². The van der Waals surface area contributed by atoms with Gasteiger partial charge in [0.1, 0.15) is 17.2 Å². The molecule has 1 spiro atoms. The van der Waals surface area contributed by atoms with Crippen LogP contribution in [0.2, 0.25) is 0 Å². The molecule has 0 bridgehead atoms. The number of hydrogen-bond acceptors (Lipinski definition) is 8. The summed E-state index contributed by atoms with van der Waals surface area (Å²) in [6, 6.07) is 9.14. The van der Waals surface area contributed by atoms with Gasteiger partial charge < -0.3 is 29.9 Å². The van der Waals surface area contributed by atoms with Gasteiger partial charge in [-0.2, -0.15) is 18.3 Å². The number of piperidine rings is 2. The minimum absolute atomic E-state index is 0.0509. The molecule has 2 aliphatic heterocycles. The largest absolute Gasteiger partial charge is 0.496 e. The first-order chi connectivity index (χ1) is 27.4. The van der Waals surface area contributed by atoms with Gasteiger partial charge in [-0.1, -0.05) is 18.2 Å². The molecule has 3 fully saturated rings. The average molecular weight is 792 g/mol. The molecule has 15 heteroatoms. The van der Waals surface area contributed by atoms with Crippen LogP contribution >= 0.6 is 0 Å². The van der Waals surface area contributed by atoms with Crippen LogP contribution in [0.5, 0.6) is 11.5 Å². The third-order valence-electron chi connectivity index (χ3n) is 11.9. The first-order valence-electron chi connectivity index (χ1n) is 19.6. The topological polar surface area (TPSA) is 142 Å². The molecule has 0 unspecified atom stereocenters. The Morgan fingerprint density at radius 1 is 0.965 bits per heavy atom. The molecule has 1 saturated carbocycles. The van der Waals surface area contributed by atoms with E-state index in [1.807, 2.05) is 27.9 Å². The van der Waals surface area contributed by atoms with Crippen molar-refractivity contribution in [3.05, 3.63) is 65.9 Å². The SMILES string of the molecule is COc1cc2nn(C3CCN(CC4CCC5(CC4)CCN(C(=O)c4ccc(OC)c(NC(=O)CCNC=O)c4)CC5)CC3)cc2cc1/C=C/C=C\C(=N)C(F)(F)F. The number of carbonyl (C=O) groups excluding carboxylic acids is 3. The molecule has 0 radical (unpaired) electrons. The van der Waals surface area contributed by atoms with Crippen molar-refractivity contribution in [1.82, 2.24) is 24.9 Å². The van der Waals surface area contributed by atoms with Gasteiger partial charge in [-0.25, -0.2) is 0 Å². The Hall–Kier alpha value is -5.18. The Morgan fingerprint density at radius 3 is 2.35 bits per heavy atom. The van der Waals surface area contributed by atoms with E-state index in [1.165, 1.54) is 44.9 Å². The van der Waals surface area contributed by atoms with Crippen molar-refractivity contribution >= 4 is 46.6 Å². The Bertz CT molecular complexity index is 1970. The Morgan fingerprint density at radius 2 is 1.68 bits per heavy atom. The molecule has 2 aromatic carbocycles. The summed E-state index contributed by atoms with van der Waals surface area (Å²) in [6.07, 6.45) is 11.8. The number of fused-ring (bicyclic) bond motifs is 1. The summed E-state index contributed by atoms with van der Waals surface area (Å²) >= 11 is 0. The fraction of sp³-hybridized carbons (Fsp3) is 0.500. The average Bonchev–Trinajstić information content (AvgIpc) is 3.63. The minimum atomic E-state index is -4.67. The maximum absolute atomic E-state index is 13.5. The highest BCUT2D eigenvalue weighted by Gasteiger charge is 2.40. The molecular weight excluding hydrogens is 740 g/mol. The molecule has 1 aliphatic carbocycles. The Labute approximate surface area is 330 Å². The zero-order valence-electron chi connectivity index (χ0n) is 32.6. The lowest BCUT2D eigenvalue weighted by Gasteiger charge is -2.47. The van der Waals surface area contributed by atoms with Crippen LogP contribution in [-0.4, -0.2) is 103 Å². The highest BCUT2D eigenvalue weighted by Crippen LogP contribution is 2.47. The van der Waals surface area contributed by atoms with E-state index in [9.17, 15) is 27.6 Å². The third kappa shape index (κ3) is 10.4. The van der Waals surface area contributed by atoms with E-state index in [4.69, 9.17) is 20.0 Å². The van der Waals surface area contributed by atoms with Crippen molar-refractivity contribution in [2.45, 2.75) is 70.0 Å². The quantitative estimate of drug-likeness (QED) is 0.0689. The van der Waals surface area contributed by atoms with E-state index in [0.717, 1.165) is 62.3 Å². The first-order valence-corrected chi connectivity index (χ1v) is 19.6. The molecule has 57 heavy (non-hydrogen) atoms. The number of alkyl halides is 3. The number of ether oxygens (including phenoxy) is 2. The summed E-state index contributed by atoms with van der Waals surface area (Å²) in [5.74, 6) is 1.36. The number of aromatic nitrogens is 2. The molecular formula is C42H52F3N7O5. The molecule has 12 nitrogen and oxygen atoms in total. The maximum Gasteiger partial charge on any atom is 0.432 e. The number of likely N-dealkylation sites (tertiary alicyclic amines) is 2. The van der Waals surface area contributed by atoms with E-state index < -0.39 is 11.9 Å². The number of methoxy groups -OCH3 is 2. The summed E-state index contributed by atoms with van der Waals surface area (Å²) in [7, 11) is 3.06. The van der Waals surface area contributed by atoms with Gasteiger partial charge in [-0.15, -0.1) is 0 Å². The molecule has 306 valence electrons. The van der Waals surface area contributed by atoms with E-state index in [1.54, 1.807) is 31.4 Å². The number of halogens is 3. The number of allylic oxidation sites excluding steroid dienone is 3. The second-order valence-corrected chi connectivity index (χ2v) is 15.4. The zero-order valence-corrected chi connectivity index (χ0v) is 32.6. The van der Waals surface area contributed by atoms with E-state index in [0.29, 0.717) is 53.7 Å². The third-order valence-corrected chi connectivity index (χ3v) is 11.9. The number of anilines is 1. The number of hydrogen-bond donors (Lipinski definition) is 3. The normalized spacial score (nSPS) is 18.4. The smallest absolute Gasteiger partial charge is 0.432 e. The lowest BCUT2D eigenvalue weighted by molar-refractivity contribution is -0.116. The van der Waals surface area contributed by atoms with Gasteiger partial charge in [-0.3, -0.25) is 24.5 Å². The predicted molar refractivity (Wildman–Crippen MR) is 213 cm³/mol. The second kappa shape index (κ2) is 18.4. The molecule has 6 rings (SSSR count). The van der Waals surface area contributed by atoms with Crippen LogP contribution in [0, 0.1) is 16.7 Å².